The molecule has 1 fully saturated rings. The van der Waals surface area contributed by atoms with Gasteiger partial charge in [-0.1, -0.05) is 0 Å². The summed E-state index contributed by atoms with van der Waals surface area (Å²) in [5, 5.41) is 8.97. The Morgan fingerprint density at radius 2 is 1.62 bits per heavy atom. The highest BCUT2D eigenvalue weighted by molar-refractivity contribution is 7.90. The van der Waals surface area contributed by atoms with Crippen LogP contribution < -0.4 is 0 Å². The van der Waals surface area contributed by atoms with E-state index in [-0.39, 0.29) is 36.1 Å². The maximum absolute atomic E-state index is 12.5. The molecule has 0 aromatic rings. The number of sulfone groups is 1. The highest BCUT2D eigenvalue weighted by Crippen LogP contribution is 2.30. The lowest BCUT2D eigenvalue weighted by Gasteiger charge is -2.33. The molecule has 1 saturated carbocycles. The van der Waals surface area contributed by atoms with Gasteiger partial charge in [-0.3, -0.25) is 9.59 Å². The number of carboxylic acid groups (broad SMARTS) is 1. The van der Waals surface area contributed by atoms with Crippen molar-refractivity contribution < 1.29 is 23.1 Å². The van der Waals surface area contributed by atoms with Crippen LogP contribution in [0.2, 0.25) is 0 Å². The van der Waals surface area contributed by atoms with Crippen LogP contribution in [0.25, 0.3) is 0 Å². The van der Waals surface area contributed by atoms with Crippen molar-refractivity contribution in [3.05, 3.63) is 0 Å². The Bertz CT molecular complexity index is 478. The molecule has 0 heterocycles. The van der Waals surface area contributed by atoms with Gasteiger partial charge in [0, 0.05) is 24.8 Å². The van der Waals surface area contributed by atoms with Gasteiger partial charge in [-0.25, -0.2) is 8.42 Å². The Hall–Kier alpha value is -1.11. The molecule has 1 amide bonds. The van der Waals surface area contributed by atoms with Gasteiger partial charge in [0.05, 0.1) is 11.7 Å². The quantitative estimate of drug-likeness (QED) is 0.793. The van der Waals surface area contributed by atoms with Crippen LogP contribution >= 0.6 is 0 Å². The second-order valence-corrected chi connectivity index (χ2v) is 8.40. The summed E-state index contributed by atoms with van der Waals surface area (Å²) in [4.78, 5) is 25.0. The van der Waals surface area contributed by atoms with Crippen molar-refractivity contribution in [2.45, 2.75) is 45.6 Å². The van der Waals surface area contributed by atoms with Crippen molar-refractivity contribution in [3.63, 3.8) is 0 Å². The highest BCUT2D eigenvalue weighted by Gasteiger charge is 2.32. The predicted molar refractivity (Wildman–Crippen MR) is 79.6 cm³/mol. The second-order valence-electron chi connectivity index (χ2n) is 6.14. The second kappa shape index (κ2) is 7.24. The van der Waals surface area contributed by atoms with Gasteiger partial charge in [0.15, 0.2) is 0 Å². The molecule has 1 aliphatic carbocycles. The third-order valence-corrected chi connectivity index (χ3v) is 4.96. The van der Waals surface area contributed by atoms with Crippen molar-refractivity contribution in [3.8, 4) is 0 Å². The van der Waals surface area contributed by atoms with E-state index in [4.69, 9.17) is 5.11 Å². The molecule has 21 heavy (non-hydrogen) atoms. The Morgan fingerprint density at radius 3 is 2.00 bits per heavy atom. The summed E-state index contributed by atoms with van der Waals surface area (Å²) >= 11 is 0. The van der Waals surface area contributed by atoms with Crippen LogP contribution in [0.1, 0.15) is 39.5 Å². The molecule has 0 radical (unpaired) electrons. The standard InChI is InChI=1S/C14H25NO5S/c1-10(2)15(8-9-21(3,19)20)13(16)11-4-6-12(7-5-11)14(17)18/h10-12H,4-9H2,1-3H3,(H,17,18). The van der Waals surface area contributed by atoms with E-state index in [1.807, 2.05) is 13.8 Å². The number of aliphatic carboxylic acids is 1. The molecule has 6 nitrogen and oxygen atoms in total. The minimum Gasteiger partial charge on any atom is -0.481 e. The van der Waals surface area contributed by atoms with Crippen molar-refractivity contribution >= 4 is 21.7 Å². The van der Waals surface area contributed by atoms with Crippen molar-refractivity contribution in [1.82, 2.24) is 4.90 Å². The van der Waals surface area contributed by atoms with Crippen LogP contribution in [0.3, 0.4) is 0 Å². The van der Waals surface area contributed by atoms with Gasteiger partial charge in [0.1, 0.15) is 9.84 Å². The third kappa shape index (κ3) is 5.65. The maximum atomic E-state index is 12.5. The number of hydrogen-bond donors (Lipinski definition) is 1. The molecule has 0 saturated heterocycles. The van der Waals surface area contributed by atoms with Gasteiger partial charge in [-0.2, -0.15) is 0 Å². The van der Waals surface area contributed by atoms with Crippen LogP contribution in [0.15, 0.2) is 0 Å². The Labute approximate surface area is 126 Å². The van der Waals surface area contributed by atoms with Crippen LogP contribution in [-0.4, -0.2) is 54.9 Å². The number of rotatable bonds is 6. The first kappa shape index (κ1) is 17.9. The summed E-state index contributed by atoms with van der Waals surface area (Å²) in [5.41, 5.74) is 0. The fraction of sp³-hybridized carbons (Fsp3) is 0.857. The molecule has 122 valence electrons. The molecule has 0 unspecified atom stereocenters. The molecule has 0 spiro atoms. The summed E-state index contributed by atoms with van der Waals surface area (Å²) in [5.74, 6) is -1.40. The number of amides is 1. The summed E-state index contributed by atoms with van der Waals surface area (Å²) in [7, 11) is -3.11. The molecule has 0 aromatic heterocycles. The summed E-state index contributed by atoms with van der Waals surface area (Å²) < 4.78 is 22.5. The van der Waals surface area contributed by atoms with Crippen LogP contribution in [-0.2, 0) is 19.4 Å². The third-order valence-electron chi connectivity index (χ3n) is 4.04. The average molecular weight is 319 g/mol. The average Bonchev–Trinajstić information content (AvgIpc) is 2.37. The largest absolute Gasteiger partial charge is 0.481 e. The first-order valence-corrected chi connectivity index (χ1v) is 9.39. The van der Waals surface area contributed by atoms with Gasteiger partial charge in [-0.05, 0) is 39.5 Å². The monoisotopic (exact) mass is 319 g/mol. The maximum Gasteiger partial charge on any atom is 0.306 e. The molecular formula is C14H25NO5S. The number of carbonyl (C=O) groups is 2. The number of carbonyl (C=O) groups excluding carboxylic acids is 1. The molecule has 0 atom stereocenters. The van der Waals surface area contributed by atoms with Gasteiger partial charge >= 0.3 is 5.97 Å². The highest BCUT2D eigenvalue weighted by atomic mass is 32.2. The Balaban J connectivity index is 2.63. The van der Waals surface area contributed by atoms with E-state index in [1.54, 1.807) is 4.90 Å². The van der Waals surface area contributed by atoms with Crippen LogP contribution in [0.4, 0.5) is 0 Å². The topological polar surface area (TPSA) is 91.8 Å². The normalized spacial score (nSPS) is 23.0. The number of nitrogens with zero attached hydrogens (tertiary/aromatic N) is 1. The zero-order chi connectivity index (χ0) is 16.2. The van der Waals surface area contributed by atoms with E-state index >= 15 is 0 Å². The lowest BCUT2D eigenvalue weighted by atomic mass is 9.81. The van der Waals surface area contributed by atoms with Gasteiger partial charge in [-0.15, -0.1) is 0 Å². The minimum atomic E-state index is -3.11. The summed E-state index contributed by atoms with van der Waals surface area (Å²) in [6, 6.07) is -0.0588. The minimum absolute atomic E-state index is 0.0403. The smallest absolute Gasteiger partial charge is 0.306 e. The summed E-state index contributed by atoms with van der Waals surface area (Å²) in [6.45, 7) is 3.93. The lowest BCUT2D eigenvalue weighted by Crippen LogP contribution is -2.44. The number of hydrogen-bond acceptors (Lipinski definition) is 4. The summed E-state index contributed by atoms with van der Waals surface area (Å²) in [6.07, 6.45) is 3.33. The molecule has 1 rings (SSSR count). The molecule has 7 heteroatoms. The van der Waals surface area contributed by atoms with Gasteiger partial charge in [0.2, 0.25) is 5.91 Å². The SMILES string of the molecule is CC(C)N(CCS(C)(=O)=O)C(=O)C1CCC(C(=O)O)CC1. The van der Waals surface area contributed by atoms with Crippen LogP contribution in [0.5, 0.6) is 0 Å². The zero-order valence-corrected chi connectivity index (χ0v) is 13.7. The predicted octanol–water partition coefficient (Wildman–Crippen LogP) is 1.16. The van der Waals surface area contributed by atoms with Crippen molar-refractivity contribution in [2.24, 2.45) is 11.8 Å². The molecule has 0 aliphatic heterocycles. The van der Waals surface area contributed by atoms with E-state index in [2.05, 4.69) is 0 Å². The van der Waals surface area contributed by atoms with E-state index in [1.165, 1.54) is 0 Å². The van der Waals surface area contributed by atoms with Gasteiger partial charge in [0.25, 0.3) is 0 Å². The first-order valence-electron chi connectivity index (χ1n) is 7.33. The molecule has 1 aliphatic rings. The van der Waals surface area contributed by atoms with Crippen molar-refractivity contribution in [1.29, 1.82) is 0 Å². The number of carboxylic acids is 1. The zero-order valence-electron chi connectivity index (χ0n) is 12.9. The molecular weight excluding hydrogens is 294 g/mol. The fourth-order valence-corrected chi connectivity index (χ4v) is 3.24. The van der Waals surface area contributed by atoms with E-state index in [0.717, 1.165) is 6.26 Å². The Kier molecular flexibility index (Phi) is 6.19. The molecule has 0 aromatic carbocycles. The Morgan fingerprint density at radius 1 is 1.14 bits per heavy atom. The molecule has 1 N–H and O–H groups in total. The van der Waals surface area contributed by atoms with Crippen molar-refractivity contribution in [2.75, 3.05) is 18.6 Å². The van der Waals surface area contributed by atoms with E-state index in [0.29, 0.717) is 25.7 Å². The molecule has 0 bridgehead atoms. The van der Waals surface area contributed by atoms with E-state index < -0.39 is 15.8 Å². The lowest BCUT2D eigenvalue weighted by molar-refractivity contribution is -0.146. The van der Waals surface area contributed by atoms with Gasteiger partial charge < -0.3 is 10.0 Å². The first-order chi connectivity index (χ1) is 9.61. The van der Waals surface area contributed by atoms with E-state index in [9.17, 15) is 18.0 Å². The fourth-order valence-electron chi connectivity index (χ4n) is 2.71. The van der Waals surface area contributed by atoms with Crippen LogP contribution in [0, 0.1) is 11.8 Å².